The monoisotopic (exact) mass is 459 g/mol. The number of aromatic nitrogens is 2. The minimum Gasteiger partial charge on any atom is -0.490 e. The summed E-state index contributed by atoms with van der Waals surface area (Å²) >= 11 is 0. The highest BCUT2D eigenvalue weighted by molar-refractivity contribution is 5.79. The van der Waals surface area contributed by atoms with Crippen molar-refractivity contribution in [1.82, 2.24) is 20.4 Å². The molecule has 1 heterocycles. The number of hydrogen-bond donors (Lipinski definition) is 1. The maximum atomic E-state index is 12.4. The zero-order chi connectivity index (χ0) is 24.2. The van der Waals surface area contributed by atoms with Crippen LogP contribution >= 0.6 is 0 Å². The van der Waals surface area contributed by atoms with Crippen LogP contribution in [0.3, 0.4) is 0 Å². The summed E-state index contributed by atoms with van der Waals surface area (Å²) in [5, 5.41) is 16.9. The van der Waals surface area contributed by atoms with E-state index in [1.165, 1.54) is 0 Å². The van der Waals surface area contributed by atoms with E-state index in [-0.39, 0.29) is 18.1 Å². The Hall–Kier alpha value is -3.70. The molecule has 0 spiro atoms. The van der Waals surface area contributed by atoms with Crippen LogP contribution in [0.4, 0.5) is 0 Å². The van der Waals surface area contributed by atoms with Crippen LogP contribution in [0.15, 0.2) is 40.9 Å². The van der Waals surface area contributed by atoms with Gasteiger partial charge in [0.1, 0.15) is 11.8 Å². The van der Waals surface area contributed by atoms with Crippen LogP contribution in [0.1, 0.15) is 49.4 Å². The van der Waals surface area contributed by atoms with Gasteiger partial charge in [0, 0.05) is 11.1 Å². The van der Waals surface area contributed by atoms with Crippen molar-refractivity contribution >= 4 is 5.91 Å². The van der Waals surface area contributed by atoms with Gasteiger partial charge in [-0.25, -0.2) is 0 Å². The largest absolute Gasteiger partial charge is 0.490 e. The summed E-state index contributed by atoms with van der Waals surface area (Å²) in [6, 6.07) is 13.4. The van der Waals surface area contributed by atoms with Gasteiger partial charge >= 0.3 is 0 Å². The van der Waals surface area contributed by atoms with Crippen molar-refractivity contribution in [2.24, 2.45) is 0 Å². The molecule has 8 heteroatoms. The van der Waals surface area contributed by atoms with Gasteiger partial charge in [0.05, 0.1) is 24.3 Å². The first-order valence-electron chi connectivity index (χ1n) is 11.5. The second-order valence-corrected chi connectivity index (χ2v) is 9.04. The Morgan fingerprint density at radius 2 is 2.15 bits per heavy atom. The molecule has 2 aromatic carbocycles. The van der Waals surface area contributed by atoms with Gasteiger partial charge in [-0.1, -0.05) is 23.4 Å². The predicted octanol–water partition coefficient (Wildman–Crippen LogP) is 4.12. The molecular formula is C26H29N5O3. The Balaban J connectivity index is 1.62. The van der Waals surface area contributed by atoms with E-state index in [1.54, 1.807) is 12.1 Å². The van der Waals surface area contributed by atoms with Crippen LogP contribution in [-0.4, -0.2) is 47.7 Å². The van der Waals surface area contributed by atoms with Crippen LogP contribution in [0.25, 0.3) is 22.8 Å². The first-order valence-corrected chi connectivity index (χ1v) is 11.5. The average Bonchev–Trinajstić information content (AvgIpc) is 3.28. The molecule has 0 saturated carbocycles. The smallest absolute Gasteiger partial charge is 0.258 e. The third-order valence-electron chi connectivity index (χ3n) is 5.68. The SMILES string of the molecule is CC(C)Oc1ccc(-c2nc(-c3cccc4c3CCC[C@H]4NC(=O)CN(C)C)no2)cc1C#N. The maximum absolute atomic E-state index is 12.4. The Bertz CT molecular complexity index is 1230. The molecule has 0 saturated heterocycles. The van der Waals surface area contributed by atoms with E-state index in [0.29, 0.717) is 35.1 Å². The molecule has 34 heavy (non-hydrogen) atoms. The summed E-state index contributed by atoms with van der Waals surface area (Å²) in [5.74, 6) is 1.37. The zero-order valence-corrected chi connectivity index (χ0v) is 20.0. The summed E-state index contributed by atoms with van der Waals surface area (Å²) in [6.07, 6.45) is 2.71. The lowest BCUT2D eigenvalue weighted by molar-refractivity contribution is -0.122. The number of hydrogen-bond acceptors (Lipinski definition) is 7. The van der Waals surface area contributed by atoms with E-state index in [0.717, 1.165) is 36.0 Å². The number of nitrogens with one attached hydrogen (secondary N) is 1. The minimum atomic E-state index is -0.0336. The molecule has 1 N–H and O–H groups in total. The van der Waals surface area contributed by atoms with Gasteiger partial charge in [0.15, 0.2) is 0 Å². The summed E-state index contributed by atoms with van der Waals surface area (Å²) in [4.78, 5) is 18.8. The number of rotatable bonds is 7. The fourth-order valence-corrected chi connectivity index (χ4v) is 4.29. The molecule has 0 bridgehead atoms. The topological polar surface area (TPSA) is 104 Å². The molecule has 1 aromatic heterocycles. The van der Waals surface area contributed by atoms with Crippen molar-refractivity contribution < 1.29 is 14.1 Å². The number of nitriles is 1. The van der Waals surface area contributed by atoms with Crippen molar-refractivity contribution in [3.8, 4) is 34.7 Å². The van der Waals surface area contributed by atoms with Gasteiger partial charge in [-0.3, -0.25) is 4.79 Å². The Labute approximate surface area is 199 Å². The van der Waals surface area contributed by atoms with Gasteiger partial charge < -0.3 is 19.5 Å². The lowest BCUT2D eigenvalue weighted by Crippen LogP contribution is -2.37. The molecule has 1 aliphatic carbocycles. The molecule has 4 rings (SSSR count). The van der Waals surface area contributed by atoms with Crippen LogP contribution in [0.5, 0.6) is 5.75 Å². The van der Waals surface area contributed by atoms with Crippen LogP contribution in [0, 0.1) is 11.3 Å². The third-order valence-corrected chi connectivity index (χ3v) is 5.68. The summed E-state index contributed by atoms with van der Waals surface area (Å²) in [6.45, 7) is 4.18. The molecule has 0 radical (unpaired) electrons. The molecule has 0 fully saturated rings. The standard InChI is InChI=1S/C26H29N5O3/c1-16(2)33-23-12-11-17(13-18(23)14-27)26-29-25(30-34-26)21-9-5-8-20-19(21)7-6-10-22(20)28-24(32)15-31(3)4/h5,8-9,11-13,16,22H,6-7,10,15H2,1-4H3,(H,28,32)/t22-/m1/s1. The second-order valence-electron chi connectivity index (χ2n) is 9.04. The number of carbonyl (C=O) groups is 1. The summed E-state index contributed by atoms with van der Waals surface area (Å²) < 4.78 is 11.3. The lowest BCUT2D eigenvalue weighted by Gasteiger charge is -2.28. The van der Waals surface area contributed by atoms with Crippen molar-refractivity contribution in [1.29, 1.82) is 5.26 Å². The van der Waals surface area contributed by atoms with Crippen molar-refractivity contribution in [2.75, 3.05) is 20.6 Å². The number of amides is 1. The number of carbonyl (C=O) groups excluding carboxylic acids is 1. The average molecular weight is 460 g/mol. The molecule has 176 valence electrons. The number of fused-ring (bicyclic) bond motifs is 1. The van der Waals surface area contributed by atoms with Gasteiger partial charge in [0.25, 0.3) is 5.89 Å². The number of nitrogens with zero attached hydrogens (tertiary/aromatic N) is 4. The van der Waals surface area contributed by atoms with Gasteiger partial charge in [0.2, 0.25) is 11.7 Å². The molecule has 0 unspecified atom stereocenters. The molecular weight excluding hydrogens is 430 g/mol. The third kappa shape index (κ3) is 5.10. The highest BCUT2D eigenvalue weighted by Crippen LogP contribution is 2.36. The predicted molar refractivity (Wildman–Crippen MR) is 128 cm³/mol. The van der Waals surface area contributed by atoms with Gasteiger partial charge in [-0.15, -0.1) is 0 Å². The van der Waals surface area contributed by atoms with E-state index in [2.05, 4.69) is 27.6 Å². The van der Waals surface area contributed by atoms with E-state index < -0.39 is 0 Å². The molecule has 1 aliphatic rings. The van der Waals surface area contributed by atoms with E-state index in [4.69, 9.17) is 9.26 Å². The highest BCUT2D eigenvalue weighted by atomic mass is 16.5. The van der Waals surface area contributed by atoms with Gasteiger partial charge in [-0.05, 0) is 76.5 Å². The van der Waals surface area contributed by atoms with E-state index in [1.807, 2.05) is 51.0 Å². The quantitative estimate of drug-likeness (QED) is 0.567. The Morgan fingerprint density at radius 1 is 1.32 bits per heavy atom. The van der Waals surface area contributed by atoms with E-state index in [9.17, 15) is 10.1 Å². The summed E-state index contributed by atoms with van der Waals surface area (Å²) in [5.41, 5.74) is 4.21. The number of benzene rings is 2. The van der Waals surface area contributed by atoms with Crippen molar-refractivity contribution in [3.63, 3.8) is 0 Å². The highest BCUT2D eigenvalue weighted by Gasteiger charge is 2.26. The molecule has 3 aromatic rings. The number of likely N-dealkylation sites (N-methyl/N-ethyl adjacent to an activating group) is 1. The van der Waals surface area contributed by atoms with Gasteiger partial charge in [-0.2, -0.15) is 10.2 Å². The van der Waals surface area contributed by atoms with Crippen molar-refractivity contribution in [3.05, 3.63) is 53.1 Å². The van der Waals surface area contributed by atoms with Crippen LogP contribution in [0.2, 0.25) is 0 Å². The second kappa shape index (κ2) is 10.1. The molecule has 1 amide bonds. The Kier molecular flexibility index (Phi) is 6.94. The molecule has 0 aliphatic heterocycles. The molecule has 8 nitrogen and oxygen atoms in total. The minimum absolute atomic E-state index is 0.00768. The van der Waals surface area contributed by atoms with Crippen molar-refractivity contribution in [2.45, 2.75) is 45.3 Å². The summed E-state index contributed by atoms with van der Waals surface area (Å²) in [7, 11) is 3.76. The molecule has 1 atom stereocenters. The zero-order valence-electron chi connectivity index (χ0n) is 20.0. The fraction of sp³-hybridized carbons (Fsp3) is 0.385. The lowest BCUT2D eigenvalue weighted by atomic mass is 9.84. The first kappa shape index (κ1) is 23.5. The van der Waals surface area contributed by atoms with Crippen LogP contribution in [-0.2, 0) is 11.2 Å². The number of ether oxygens (including phenoxy) is 1. The first-order chi connectivity index (χ1) is 16.4. The normalized spacial score (nSPS) is 15.1. The van der Waals surface area contributed by atoms with Crippen LogP contribution < -0.4 is 10.1 Å². The maximum Gasteiger partial charge on any atom is 0.258 e. The fourth-order valence-electron chi connectivity index (χ4n) is 4.29. The van der Waals surface area contributed by atoms with E-state index >= 15 is 0 Å². The Morgan fingerprint density at radius 3 is 2.88 bits per heavy atom.